The molecule has 4 nitrogen and oxygen atoms in total. The Hall–Kier alpha value is -0.210. The first-order chi connectivity index (χ1) is 8.38. The summed E-state index contributed by atoms with van der Waals surface area (Å²) in [5, 5.41) is 0. The maximum atomic E-state index is 13.2. The average Bonchev–Trinajstić information content (AvgIpc) is 2.29. The molecule has 3 N–H and O–H groups in total. The zero-order chi connectivity index (χ0) is 13.8. The summed E-state index contributed by atoms with van der Waals surface area (Å²) in [5.74, 6) is -0.477. The van der Waals surface area contributed by atoms with E-state index in [9.17, 15) is 12.8 Å². The maximum Gasteiger partial charge on any atom is 0.240 e. The summed E-state index contributed by atoms with van der Waals surface area (Å²) in [7, 11) is -3.60. The number of hydrogen-bond acceptors (Lipinski definition) is 3. The lowest BCUT2D eigenvalue weighted by molar-refractivity contribution is 0.575. The molecule has 1 aromatic carbocycles. The molecule has 0 heterocycles. The van der Waals surface area contributed by atoms with Crippen LogP contribution >= 0.6 is 28.3 Å². The molecule has 0 aromatic heterocycles. The molecule has 0 atom stereocenters. The van der Waals surface area contributed by atoms with Gasteiger partial charge < -0.3 is 5.73 Å². The van der Waals surface area contributed by atoms with Gasteiger partial charge in [0, 0.05) is 6.54 Å². The van der Waals surface area contributed by atoms with Crippen LogP contribution in [0, 0.1) is 12.7 Å². The summed E-state index contributed by atoms with van der Waals surface area (Å²) < 4.78 is 39.8. The van der Waals surface area contributed by atoms with Gasteiger partial charge in [-0.3, -0.25) is 0 Å². The summed E-state index contributed by atoms with van der Waals surface area (Å²) in [6, 6.07) is 2.47. The highest BCUT2D eigenvalue weighted by Gasteiger charge is 2.18. The number of halogens is 3. The van der Waals surface area contributed by atoms with Crippen LogP contribution in [-0.4, -0.2) is 21.5 Å². The highest BCUT2D eigenvalue weighted by molar-refractivity contribution is 9.10. The van der Waals surface area contributed by atoms with Gasteiger partial charge in [0.2, 0.25) is 10.0 Å². The Morgan fingerprint density at radius 2 is 2.00 bits per heavy atom. The van der Waals surface area contributed by atoms with Crippen molar-refractivity contribution in [2.24, 2.45) is 5.73 Å². The minimum absolute atomic E-state index is 0. The third-order valence-corrected chi connectivity index (χ3v) is 4.64. The number of unbranched alkanes of at least 4 members (excludes halogenated alkanes) is 1. The van der Waals surface area contributed by atoms with E-state index in [1.54, 1.807) is 6.92 Å². The van der Waals surface area contributed by atoms with Gasteiger partial charge in [-0.05, 0) is 59.9 Å². The molecule has 0 bridgehead atoms. The third-order valence-electron chi connectivity index (χ3n) is 2.43. The summed E-state index contributed by atoms with van der Waals surface area (Å²) in [6.45, 7) is 2.42. The summed E-state index contributed by atoms with van der Waals surface area (Å²) in [4.78, 5) is 0.0866. The molecular weight excluding hydrogens is 359 g/mol. The number of rotatable bonds is 6. The molecule has 110 valence electrons. The Balaban J connectivity index is 0.00000324. The quantitative estimate of drug-likeness (QED) is 0.750. The van der Waals surface area contributed by atoms with Crippen LogP contribution in [-0.2, 0) is 10.0 Å². The number of aryl methyl sites for hydroxylation is 1. The Labute approximate surface area is 127 Å². The summed E-state index contributed by atoms with van der Waals surface area (Å²) in [5.41, 5.74) is 5.70. The van der Waals surface area contributed by atoms with E-state index in [0.29, 0.717) is 25.1 Å². The Morgan fingerprint density at radius 3 is 2.58 bits per heavy atom. The molecule has 0 unspecified atom stereocenters. The van der Waals surface area contributed by atoms with Crippen molar-refractivity contribution >= 4 is 38.4 Å². The smallest absolute Gasteiger partial charge is 0.240 e. The fourth-order valence-corrected chi connectivity index (χ4v) is 3.29. The minimum atomic E-state index is -3.60. The minimum Gasteiger partial charge on any atom is -0.330 e. The zero-order valence-electron chi connectivity index (χ0n) is 10.4. The van der Waals surface area contributed by atoms with E-state index in [4.69, 9.17) is 5.73 Å². The summed E-state index contributed by atoms with van der Waals surface area (Å²) in [6.07, 6.45) is 1.44. The van der Waals surface area contributed by atoms with Gasteiger partial charge in [-0.25, -0.2) is 17.5 Å². The summed E-state index contributed by atoms with van der Waals surface area (Å²) >= 11 is 2.98. The van der Waals surface area contributed by atoms with E-state index in [-0.39, 0.29) is 21.8 Å². The average molecular weight is 376 g/mol. The van der Waals surface area contributed by atoms with Gasteiger partial charge in [0.25, 0.3) is 0 Å². The molecule has 8 heteroatoms. The molecule has 0 radical (unpaired) electrons. The molecular formula is C11H17BrClFN2O2S. The third kappa shape index (κ3) is 5.35. The van der Waals surface area contributed by atoms with Crippen LogP contribution in [0.5, 0.6) is 0 Å². The fraction of sp³-hybridized carbons (Fsp3) is 0.455. The number of nitrogens with one attached hydrogen (secondary N) is 1. The molecule has 0 aliphatic rings. The molecule has 0 spiro atoms. The van der Waals surface area contributed by atoms with Crippen molar-refractivity contribution in [2.45, 2.75) is 24.7 Å². The lowest BCUT2D eigenvalue weighted by Crippen LogP contribution is -2.26. The van der Waals surface area contributed by atoms with E-state index in [2.05, 4.69) is 20.7 Å². The molecule has 0 amide bonds. The molecule has 0 aliphatic carbocycles. The van der Waals surface area contributed by atoms with Crippen molar-refractivity contribution in [2.75, 3.05) is 13.1 Å². The van der Waals surface area contributed by atoms with Crippen molar-refractivity contribution in [3.63, 3.8) is 0 Å². The maximum absolute atomic E-state index is 13.2. The molecule has 1 rings (SSSR count). The molecule has 19 heavy (non-hydrogen) atoms. The van der Waals surface area contributed by atoms with Crippen LogP contribution in [0.3, 0.4) is 0 Å². The molecule has 0 saturated heterocycles. The molecule has 1 aromatic rings. The molecule has 0 aliphatic heterocycles. The van der Waals surface area contributed by atoms with E-state index in [0.717, 1.165) is 6.42 Å². The fourth-order valence-electron chi connectivity index (χ4n) is 1.47. The van der Waals surface area contributed by atoms with Crippen LogP contribution in [0.1, 0.15) is 18.4 Å². The van der Waals surface area contributed by atoms with Crippen LogP contribution in [0.2, 0.25) is 0 Å². The first kappa shape index (κ1) is 18.8. The largest absolute Gasteiger partial charge is 0.330 e. The van der Waals surface area contributed by atoms with Gasteiger partial charge in [-0.15, -0.1) is 12.4 Å². The van der Waals surface area contributed by atoms with Gasteiger partial charge >= 0.3 is 0 Å². The van der Waals surface area contributed by atoms with Gasteiger partial charge in [0.05, 0.1) is 9.37 Å². The number of nitrogens with two attached hydrogens (primary N) is 1. The van der Waals surface area contributed by atoms with E-state index >= 15 is 0 Å². The monoisotopic (exact) mass is 374 g/mol. The van der Waals surface area contributed by atoms with Crippen LogP contribution in [0.4, 0.5) is 4.39 Å². The topological polar surface area (TPSA) is 72.2 Å². The number of benzene rings is 1. The van der Waals surface area contributed by atoms with Crippen LogP contribution in [0.15, 0.2) is 21.5 Å². The molecule has 0 saturated carbocycles. The first-order valence-electron chi connectivity index (χ1n) is 5.54. The van der Waals surface area contributed by atoms with E-state index < -0.39 is 15.8 Å². The Morgan fingerprint density at radius 1 is 1.37 bits per heavy atom. The van der Waals surface area contributed by atoms with Crippen LogP contribution < -0.4 is 10.5 Å². The van der Waals surface area contributed by atoms with Crippen molar-refractivity contribution in [1.29, 1.82) is 0 Å². The van der Waals surface area contributed by atoms with E-state index in [1.165, 1.54) is 12.1 Å². The Kier molecular flexibility index (Phi) is 8.07. The van der Waals surface area contributed by atoms with E-state index in [1.807, 2.05) is 0 Å². The lowest BCUT2D eigenvalue weighted by atomic mass is 10.2. The highest BCUT2D eigenvalue weighted by Crippen LogP contribution is 2.23. The second-order valence-electron chi connectivity index (χ2n) is 3.93. The van der Waals surface area contributed by atoms with Gasteiger partial charge in [0.1, 0.15) is 5.82 Å². The first-order valence-corrected chi connectivity index (χ1v) is 7.81. The number of sulfonamides is 1. The Bertz CT molecular complexity index is 526. The SMILES string of the molecule is Cc1cc(F)c(Br)cc1S(=O)(=O)NCCCCN.Cl. The number of hydrogen-bond donors (Lipinski definition) is 2. The van der Waals surface area contributed by atoms with Crippen molar-refractivity contribution in [1.82, 2.24) is 4.72 Å². The van der Waals surface area contributed by atoms with Crippen LogP contribution in [0.25, 0.3) is 0 Å². The highest BCUT2D eigenvalue weighted by atomic mass is 79.9. The van der Waals surface area contributed by atoms with Crippen molar-refractivity contribution in [3.05, 3.63) is 28.0 Å². The van der Waals surface area contributed by atoms with Crippen molar-refractivity contribution < 1.29 is 12.8 Å². The standard InChI is InChI=1S/C11H16BrFN2O2S.ClH/c1-8-6-10(13)9(12)7-11(8)18(16,17)15-5-3-2-4-14;/h6-7,15H,2-5,14H2,1H3;1H. The lowest BCUT2D eigenvalue weighted by Gasteiger charge is -2.10. The van der Waals surface area contributed by atoms with Gasteiger partial charge in [-0.1, -0.05) is 0 Å². The molecule has 0 fully saturated rings. The van der Waals surface area contributed by atoms with Crippen molar-refractivity contribution in [3.8, 4) is 0 Å². The predicted octanol–water partition coefficient (Wildman–Crippen LogP) is 2.34. The normalized spacial score (nSPS) is 11.2. The predicted molar refractivity (Wildman–Crippen MR) is 79.6 cm³/mol. The van der Waals surface area contributed by atoms with Gasteiger partial charge in [0.15, 0.2) is 0 Å². The zero-order valence-corrected chi connectivity index (χ0v) is 13.7. The second kappa shape index (κ2) is 8.16. The van der Waals surface area contributed by atoms with Gasteiger partial charge in [-0.2, -0.15) is 0 Å². The second-order valence-corrected chi connectivity index (χ2v) is 6.52.